The van der Waals surface area contributed by atoms with Gasteiger partial charge in [0.1, 0.15) is 5.54 Å². The van der Waals surface area contributed by atoms with Crippen LogP contribution in [0.5, 0.6) is 0 Å². The molecule has 0 saturated heterocycles. The van der Waals surface area contributed by atoms with Gasteiger partial charge in [0.15, 0.2) is 0 Å². The van der Waals surface area contributed by atoms with Crippen molar-refractivity contribution in [3.05, 3.63) is 0 Å². The molecule has 0 aromatic heterocycles. The summed E-state index contributed by atoms with van der Waals surface area (Å²) >= 11 is 0. The summed E-state index contributed by atoms with van der Waals surface area (Å²) in [6, 6.07) is 2.15. The lowest BCUT2D eigenvalue weighted by Gasteiger charge is -2.29. The van der Waals surface area contributed by atoms with Gasteiger partial charge in [0.2, 0.25) is 10.0 Å². The van der Waals surface area contributed by atoms with Crippen molar-refractivity contribution in [2.45, 2.75) is 63.8 Å². The van der Waals surface area contributed by atoms with Gasteiger partial charge in [0.05, 0.1) is 24.8 Å². The molecule has 0 aliphatic heterocycles. The standard InChI is InChI=1S/C14H24N2O4S/c1-2-20-13(17)8-11-21(18,19)16-14(12-15)9-6-4-3-5-7-10-14/h16H,2-11H2,1H3. The lowest BCUT2D eigenvalue weighted by atomic mass is 9.86. The largest absolute Gasteiger partial charge is 0.466 e. The zero-order chi connectivity index (χ0) is 15.8. The van der Waals surface area contributed by atoms with Gasteiger partial charge in [-0.2, -0.15) is 9.98 Å². The van der Waals surface area contributed by atoms with Gasteiger partial charge in [0, 0.05) is 0 Å². The van der Waals surface area contributed by atoms with Crippen LogP contribution < -0.4 is 4.72 Å². The summed E-state index contributed by atoms with van der Waals surface area (Å²) in [5, 5.41) is 9.41. The van der Waals surface area contributed by atoms with Gasteiger partial charge in [0.25, 0.3) is 0 Å². The number of ether oxygens (including phenoxy) is 1. The third-order valence-electron chi connectivity index (χ3n) is 3.65. The van der Waals surface area contributed by atoms with Crippen molar-refractivity contribution in [2.24, 2.45) is 0 Å². The Morgan fingerprint density at radius 2 is 1.81 bits per heavy atom. The number of hydrogen-bond acceptors (Lipinski definition) is 5. The number of carbonyl (C=O) groups excluding carboxylic acids is 1. The smallest absolute Gasteiger partial charge is 0.306 e. The molecule has 0 bridgehead atoms. The Morgan fingerprint density at radius 3 is 2.33 bits per heavy atom. The summed E-state index contributed by atoms with van der Waals surface area (Å²) in [5.41, 5.74) is -1.02. The van der Waals surface area contributed by atoms with Crippen molar-refractivity contribution in [3.8, 4) is 6.07 Å². The third-order valence-corrected chi connectivity index (χ3v) is 5.10. The minimum Gasteiger partial charge on any atom is -0.466 e. The maximum atomic E-state index is 12.1. The molecule has 0 aromatic rings. The molecule has 0 spiro atoms. The van der Waals surface area contributed by atoms with Crippen LogP contribution >= 0.6 is 0 Å². The Hall–Kier alpha value is -1.13. The normalized spacial score (nSPS) is 19.0. The molecule has 0 amide bonds. The van der Waals surface area contributed by atoms with Gasteiger partial charge >= 0.3 is 5.97 Å². The molecule has 21 heavy (non-hydrogen) atoms. The minimum absolute atomic E-state index is 0.190. The molecule has 0 heterocycles. The molecule has 120 valence electrons. The molecular weight excluding hydrogens is 292 g/mol. The SMILES string of the molecule is CCOC(=O)CCS(=O)(=O)NC1(C#N)CCCCCCC1. The highest BCUT2D eigenvalue weighted by atomic mass is 32.2. The fourth-order valence-electron chi connectivity index (χ4n) is 2.55. The predicted molar refractivity (Wildman–Crippen MR) is 78.8 cm³/mol. The highest BCUT2D eigenvalue weighted by molar-refractivity contribution is 7.89. The summed E-state index contributed by atoms with van der Waals surface area (Å²) in [5.74, 6) is -0.874. The second-order valence-corrected chi connectivity index (χ2v) is 7.28. The van der Waals surface area contributed by atoms with Crippen molar-refractivity contribution in [1.82, 2.24) is 4.72 Å². The summed E-state index contributed by atoms with van der Waals surface area (Å²) in [6.45, 7) is 1.90. The average Bonchev–Trinajstić information content (AvgIpc) is 2.40. The van der Waals surface area contributed by atoms with Crippen LogP contribution in [0.3, 0.4) is 0 Å². The maximum Gasteiger partial charge on any atom is 0.306 e. The molecule has 1 rings (SSSR count). The van der Waals surface area contributed by atoms with Crippen LogP contribution in [-0.4, -0.2) is 32.3 Å². The van der Waals surface area contributed by atoms with E-state index in [1.54, 1.807) is 6.92 Å². The van der Waals surface area contributed by atoms with Gasteiger partial charge in [-0.05, 0) is 19.8 Å². The topological polar surface area (TPSA) is 96.3 Å². The van der Waals surface area contributed by atoms with Crippen molar-refractivity contribution in [1.29, 1.82) is 5.26 Å². The van der Waals surface area contributed by atoms with Crippen LogP contribution in [0.4, 0.5) is 0 Å². The first kappa shape index (κ1) is 17.9. The lowest BCUT2D eigenvalue weighted by molar-refractivity contribution is -0.142. The molecule has 7 heteroatoms. The first-order valence-corrected chi connectivity index (χ1v) is 9.17. The summed E-state index contributed by atoms with van der Waals surface area (Å²) < 4.78 is 31.4. The van der Waals surface area contributed by atoms with Crippen molar-refractivity contribution in [2.75, 3.05) is 12.4 Å². The number of hydrogen-bond donors (Lipinski definition) is 1. The average molecular weight is 316 g/mol. The van der Waals surface area contributed by atoms with E-state index in [1.807, 2.05) is 0 Å². The van der Waals surface area contributed by atoms with Crippen LogP contribution in [0.25, 0.3) is 0 Å². The van der Waals surface area contributed by atoms with Gasteiger partial charge in [-0.1, -0.05) is 32.1 Å². The van der Waals surface area contributed by atoms with E-state index in [1.165, 1.54) is 0 Å². The number of rotatable bonds is 6. The Morgan fingerprint density at radius 1 is 1.24 bits per heavy atom. The first-order chi connectivity index (χ1) is 9.93. The number of sulfonamides is 1. The predicted octanol–water partition coefficient (Wildman–Crippen LogP) is 1.87. The molecule has 1 N–H and O–H groups in total. The van der Waals surface area contributed by atoms with Crippen LogP contribution in [0.1, 0.15) is 58.3 Å². The second-order valence-electron chi connectivity index (χ2n) is 5.44. The van der Waals surface area contributed by atoms with E-state index in [0.29, 0.717) is 12.8 Å². The van der Waals surface area contributed by atoms with Crippen molar-refractivity contribution < 1.29 is 17.9 Å². The molecule has 1 aliphatic carbocycles. The van der Waals surface area contributed by atoms with Gasteiger partial charge in [-0.3, -0.25) is 4.79 Å². The molecule has 0 atom stereocenters. The van der Waals surface area contributed by atoms with Crippen LogP contribution in [0.15, 0.2) is 0 Å². The molecule has 0 unspecified atom stereocenters. The highest BCUT2D eigenvalue weighted by Gasteiger charge is 2.34. The summed E-state index contributed by atoms with van der Waals surface area (Å²) in [7, 11) is -3.67. The summed E-state index contributed by atoms with van der Waals surface area (Å²) in [4.78, 5) is 11.3. The fraction of sp³-hybridized carbons (Fsp3) is 0.857. The number of esters is 1. The monoisotopic (exact) mass is 316 g/mol. The highest BCUT2D eigenvalue weighted by Crippen LogP contribution is 2.26. The number of carbonyl (C=O) groups is 1. The van der Waals surface area contributed by atoms with Crippen LogP contribution in [0, 0.1) is 11.3 Å². The third kappa shape index (κ3) is 6.44. The fourth-order valence-corrected chi connectivity index (χ4v) is 3.93. The van der Waals surface area contributed by atoms with Gasteiger partial charge in [-0.25, -0.2) is 8.42 Å². The van der Waals surface area contributed by atoms with E-state index in [9.17, 15) is 18.5 Å². The quantitative estimate of drug-likeness (QED) is 0.755. The van der Waals surface area contributed by atoms with Gasteiger partial charge in [-0.15, -0.1) is 0 Å². The number of nitriles is 1. The Kier molecular flexibility index (Phi) is 7.12. The maximum absolute atomic E-state index is 12.1. The van der Waals surface area contributed by atoms with Crippen molar-refractivity contribution in [3.63, 3.8) is 0 Å². The Bertz CT molecular complexity index is 474. The molecule has 1 fully saturated rings. The summed E-state index contributed by atoms with van der Waals surface area (Å²) in [6.07, 6.45) is 5.73. The molecule has 6 nitrogen and oxygen atoms in total. The Balaban J connectivity index is 2.65. The second kappa shape index (κ2) is 8.35. The minimum atomic E-state index is -3.67. The van der Waals surface area contributed by atoms with E-state index < -0.39 is 21.5 Å². The van der Waals surface area contributed by atoms with E-state index >= 15 is 0 Å². The van der Waals surface area contributed by atoms with Crippen molar-refractivity contribution >= 4 is 16.0 Å². The molecule has 1 saturated carbocycles. The Labute approximate surface area is 126 Å². The zero-order valence-corrected chi connectivity index (χ0v) is 13.4. The van der Waals surface area contributed by atoms with E-state index in [4.69, 9.17) is 4.74 Å². The van der Waals surface area contributed by atoms with Gasteiger partial charge < -0.3 is 4.74 Å². The van der Waals surface area contributed by atoms with E-state index in [-0.39, 0.29) is 18.8 Å². The molecule has 1 aliphatic rings. The number of nitrogens with one attached hydrogen (secondary N) is 1. The lowest BCUT2D eigenvalue weighted by Crippen LogP contribution is -2.48. The molecule has 0 aromatic carbocycles. The van der Waals surface area contributed by atoms with E-state index in [2.05, 4.69) is 10.8 Å². The molecular formula is C14H24N2O4S. The van der Waals surface area contributed by atoms with E-state index in [0.717, 1.165) is 32.1 Å². The van der Waals surface area contributed by atoms with Crippen LogP contribution in [0.2, 0.25) is 0 Å². The first-order valence-electron chi connectivity index (χ1n) is 7.51. The molecule has 0 radical (unpaired) electrons. The zero-order valence-electron chi connectivity index (χ0n) is 12.6. The number of nitrogens with zero attached hydrogens (tertiary/aromatic N) is 1. The van der Waals surface area contributed by atoms with Crippen LogP contribution in [-0.2, 0) is 19.6 Å².